The first-order valence-corrected chi connectivity index (χ1v) is 8.77. The van der Waals surface area contributed by atoms with E-state index in [1.807, 2.05) is 45.0 Å². The molecule has 1 aromatic rings. The van der Waals surface area contributed by atoms with Crippen LogP contribution < -0.4 is 15.8 Å². The minimum Gasteiger partial charge on any atom is -0.494 e. The van der Waals surface area contributed by atoms with E-state index in [9.17, 15) is 4.79 Å². The highest BCUT2D eigenvalue weighted by atomic mass is 16.5. The fourth-order valence-corrected chi connectivity index (χ4v) is 2.15. The molecule has 1 amide bonds. The standard InChI is InChI=1S/C19H32N2O3/c1-19(2,3)21-18(22)24-15-12-16-8-10-17(11-9-16)23-14-7-5-4-6-13-20/h8-11H,4-7,12-15,20H2,1-3H3,(H,21,22). The molecule has 3 N–H and O–H groups in total. The van der Waals surface area contributed by atoms with Crippen molar-refractivity contribution in [2.75, 3.05) is 19.8 Å². The lowest BCUT2D eigenvalue weighted by atomic mass is 10.1. The smallest absolute Gasteiger partial charge is 0.407 e. The molecule has 0 radical (unpaired) electrons. The maximum Gasteiger partial charge on any atom is 0.407 e. The average Bonchev–Trinajstić information content (AvgIpc) is 2.50. The van der Waals surface area contributed by atoms with Crippen LogP contribution in [0.2, 0.25) is 0 Å². The number of nitrogens with one attached hydrogen (secondary N) is 1. The molecule has 0 aliphatic rings. The van der Waals surface area contributed by atoms with E-state index in [0.29, 0.717) is 13.0 Å². The van der Waals surface area contributed by atoms with Crippen LogP contribution in [0.4, 0.5) is 4.79 Å². The number of hydrogen-bond acceptors (Lipinski definition) is 4. The van der Waals surface area contributed by atoms with Gasteiger partial charge in [0.2, 0.25) is 0 Å². The van der Waals surface area contributed by atoms with Gasteiger partial charge in [-0.15, -0.1) is 0 Å². The summed E-state index contributed by atoms with van der Waals surface area (Å²) in [5, 5.41) is 2.77. The summed E-state index contributed by atoms with van der Waals surface area (Å²) in [7, 11) is 0. The van der Waals surface area contributed by atoms with E-state index >= 15 is 0 Å². The van der Waals surface area contributed by atoms with Crippen molar-refractivity contribution in [1.82, 2.24) is 5.32 Å². The molecule has 1 aromatic carbocycles. The van der Waals surface area contributed by atoms with Crippen molar-refractivity contribution < 1.29 is 14.3 Å². The molecule has 24 heavy (non-hydrogen) atoms. The number of rotatable bonds is 10. The monoisotopic (exact) mass is 336 g/mol. The second-order valence-corrected chi connectivity index (χ2v) is 6.96. The first-order chi connectivity index (χ1) is 11.4. The van der Waals surface area contributed by atoms with Crippen LogP contribution in [-0.4, -0.2) is 31.4 Å². The maximum atomic E-state index is 11.6. The number of unbranched alkanes of at least 4 members (excludes halogenated alkanes) is 3. The van der Waals surface area contributed by atoms with Crippen LogP contribution in [0.3, 0.4) is 0 Å². The largest absolute Gasteiger partial charge is 0.494 e. The maximum absolute atomic E-state index is 11.6. The minimum atomic E-state index is -0.378. The number of benzene rings is 1. The van der Waals surface area contributed by atoms with E-state index in [2.05, 4.69) is 5.32 Å². The van der Waals surface area contributed by atoms with Crippen LogP contribution in [0.25, 0.3) is 0 Å². The molecule has 0 aliphatic carbocycles. The number of carbonyl (C=O) groups is 1. The molecule has 0 aromatic heterocycles. The third kappa shape index (κ3) is 10.1. The van der Waals surface area contributed by atoms with Crippen LogP contribution >= 0.6 is 0 Å². The molecule has 0 spiro atoms. The van der Waals surface area contributed by atoms with Crippen molar-refractivity contribution in [3.8, 4) is 5.75 Å². The van der Waals surface area contributed by atoms with Gasteiger partial charge >= 0.3 is 6.09 Å². The summed E-state index contributed by atoms with van der Waals surface area (Å²) in [6.07, 6.45) is 4.78. The molecule has 0 bridgehead atoms. The van der Waals surface area contributed by atoms with Gasteiger partial charge in [-0.25, -0.2) is 4.79 Å². The van der Waals surface area contributed by atoms with Gasteiger partial charge in [-0.1, -0.05) is 25.0 Å². The lowest BCUT2D eigenvalue weighted by Gasteiger charge is -2.19. The van der Waals surface area contributed by atoms with Crippen LogP contribution in [0.1, 0.15) is 52.0 Å². The van der Waals surface area contributed by atoms with E-state index < -0.39 is 0 Å². The summed E-state index contributed by atoms with van der Waals surface area (Å²) in [6, 6.07) is 7.94. The Kier molecular flexibility index (Phi) is 9.23. The quantitative estimate of drug-likeness (QED) is 0.640. The zero-order chi connectivity index (χ0) is 17.8. The number of hydrogen-bond donors (Lipinski definition) is 2. The highest BCUT2D eigenvalue weighted by Gasteiger charge is 2.14. The molecule has 5 nitrogen and oxygen atoms in total. The van der Waals surface area contributed by atoms with Gasteiger partial charge in [0.1, 0.15) is 5.75 Å². The topological polar surface area (TPSA) is 73.6 Å². The first kappa shape index (κ1) is 20.3. The van der Waals surface area contributed by atoms with E-state index in [1.165, 1.54) is 6.42 Å². The molecule has 5 heteroatoms. The summed E-state index contributed by atoms with van der Waals surface area (Å²) in [5.41, 5.74) is 6.31. The van der Waals surface area contributed by atoms with E-state index in [-0.39, 0.29) is 11.6 Å². The lowest BCUT2D eigenvalue weighted by molar-refractivity contribution is 0.139. The van der Waals surface area contributed by atoms with Gasteiger partial charge in [0.15, 0.2) is 0 Å². The SMILES string of the molecule is CC(C)(C)NC(=O)OCCc1ccc(OCCCCCCN)cc1. The van der Waals surface area contributed by atoms with Crippen molar-refractivity contribution in [1.29, 1.82) is 0 Å². The molecular weight excluding hydrogens is 304 g/mol. The Morgan fingerprint density at radius 2 is 1.71 bits per heavy atom. The van der Waals surface area contributed by atoms with Gasteiger partial charge in [-0.2, -0.15) is 0 Å². The molecule has 0 aliphatic heterocycles. The van der Waals surface area contributed by atoms with Gasteiger partial charge in [-0.3, -0.25) is 0 Å². The third-order valence-electron chi connectivity index (χ3n) is 3.39. The number of amides is 1. The van der Waals surface area contributed by atoms with E-state index in [0.717, 1.165) is 43.7 Å². The molecule has 1 rings (SSSR count). The van der Waals surface area contributed by atoms with Gasteiger partial charge in [-0.05, 0) is 57.9 Å². The van der Waals surface area contributed by atoms with Crippen LogP contribution in [0.5, 0.6) is 5.75 Å². The van der Waals surface area contributed by atoms with Crippen molar-refractivity contribution >= 4 is 6.09 Å². The normalized spacial score (nSPS) is 11.2. The molecule has 0 saturated carbocycles. The summed E-state index contributed by atoms with van der Waals surface area (Å²) >= 11 is 0. The fourth-order valence-electron chi connectivity index (χ4n) is 2.15. The van der Waals surface area contributed by atoms with Gasteiger partial charge in [0.25, 0.3) is 0 Å². The first-order valence-electron chi connectivity index (χ1n) is 8.77. The third-order valence-corrected chi connectivity index (χ3v) is 3.39. The van der Waals surface area contributed by atoms with Crippen LogP contribution in [-0.2, 0) is 11.2 Å². The summed E-state index contributed by atoms with van der Waals surface area (Å²) < 4.78 is 10.9. The zero-order valence-corrected chi connectivity index (χ0v) is 15.3. The highest BCUT2D eigenvalue weighted by molar-refractivity contribution is 5.68. The van der Waals surface area contributed by atoms with Gasteiger partial charge in [0, 0.05) is 12.0 Å². The van der Waals surface area contributed by atoms with E-state index in [1.54, 1.807) is 0 Å². The summed E-state index contributed by atoms with van der Waals surface area (Å²) in [4.78, 5) is 11.6. The lowest BCUT2D eigenvalue weighted by Crippen LogP contribution is -2.41. The second-order valence-electron chi connectivity index (χ2n) is 6.96. The predicted octanol–water partition coefficient (Wildman–Crippen LogP) is 3.65. The van der Waals surface area contributed by atoms with Crippen LogP contribution in [0, 0.1) is 0 Å². The van der Waals surface area contributed by atoms with Crippen molar-refractivity contribution in [2.24, 2.45) is 5.73 Å². The van der Waals surface area contributed by atoms with Gasteiger partial charge < -0.3 is 20.5 Å². The fraction of sp³-hybridized carbons (Fsp3) is 0.632. The molecule has 0 fully saturated rings. The Hall–Kier alpha value is -1.75. The number of carbonyl (C=O) groups excluding carboxylic acids is 1. The number of ether oxygens (including phenoxy) is 2. The summed E-state index contributed by atoms with van der Waals surface area (Å²) in [6.45, 7) is 7.63. The van der Waals surface area contributed by atoms with Crippen molar-refractivity contribution in [3.05, 3.63) is 29.8 Å². The Morgan fingerprint density at radius 1 is 1.04 bits per heavy atom. The molecule has 0 saturated heterocycles. The number of alkyl carbamates (subject to hydrolysis) is 1. The molecule has 0 unspecified atom stereocenters. The molecular formula is C19H32N2O3. The van der Waals surface area contributed by atoms with E-state index in [4.69, 9.17) is 15.2 Å². The van der Waals surface area contributed by atoms with Crippen molar-refractivity contribution in [3.63, 3.8) is 0 Å². The second kappa shape index (κ2) is 10.9. The Morgan fingerprint density at radius 3 is 2.33 bits per heavy atom. The Balaban J connectivity index is 2.19. The number of nitrogens with two attached hydrogens (primary N) is 1. The zero-order valence-electron chi connectivity index (χ0n) is 15.3. The highest BCUT2D eigenvalue weighted by Crippen LogP contribution is 2.13. The van der Waals surface area contributed by atoms with Crippen LogP contribution in [0.15, 0.2) is 24.3 Å². The molecule has 0 atom stereocenters. The Bertz CT molecular complexity index is 466. The minimum absolute atomic E-state index is 0.277. The predicted molar refractivity (Wildman–Crippen MR) is 97.4 cm³/mol. The van der Waals surface area contributed by atoms with Crippen molar-refractivity contribution in [2.45, 2.75) is 58.4 Å². The van der Waals surface area contributed by atoms with Gasteiger partial charge in [0.05, 0.1) is 13.2 Å². The molecule has 136 valence electrons. The average molecular weight is 336 g/mol. The summed E-state index contributed by atoms with van der Waals surface area (Å²) in [5.74, 6) is 0.879. The Labute approximate surface area is 145 Å². The molecule has 0 heterocycles.